The maximum absolute atomic E-state index is 12.1. The summed E-state index contributed by atoms with van der Waals surface area (Å²) in [7, 11) is 3.08. The molecule has 2 amide bonds. The van der Waals surface area contributed by atoms with Crippen LogP contribution in [-0.2, 0) is 14.3 Å². The van der Waals surface area contributed by atoms with Gasteiger partial charge in [0.25, 0.3) is 0 Å². The zero-order valence-corrected chi connectivity index (χ0v) is 10.4. The molecule has 0 aromatic carbocycles. The molecule has 0 radical (unpaired) electrons. The third-order valence-electron chi connectivity index (χ3n) is 3.00. The standard InChI is InChI=1S/C11H21N3O3/c1-13-10(15)9-5-3-4-6-14(9)11(16)8(12)7-17-2/h8-9H,3-7,12H2,1-2H3,(H,13,15). The van der Waals surface area contributed by atoms with E-state index in [1.54, 1.807) is 11.9 Å². The van der Waals surface area contributed by atoms with E-state index in [4.69, 9.17) is 10.5 Å². The summed E-state index contributed by atoms with van der Waals surface area (Å²) < 4.78 is 4.86. The van der Waals surface area contributed by atoms with Crippen LogP contribution in [0.4, 0.5) is 0 Å². The Bertz CT molecular complexity index is 283. The van der Waals surface area contributed by atoms with Crippen LogP contribution < -0.4 is 11.1 Å². The van der Waals surface area contributed by atoms with E-state index >= 15 is 0 Å². The molecule has 98 valence electrons. The summed E-state index contributed by atoms with van der Waals surface area (Å²) in [4.78, 5) is 25.3. The van der Waals surface area contributed by atoms with E-state index in [0.29, 0.717) is 13.0 Å². The summed E-state index contributed by atoms with van der Waals surface area (Å²) in [6.45, 7) is 0.768. The molecule has 1 fully saturated rings. The number of amides is 2. The molecule has 0 aromatic heterocycles. The molecule has 0 spiro atoms. The number of methoxy groups -OCH3 is 1. The number of rotatable bonds is 4. The van der Waals surface area contributed by atoms with Gasteiger partial charge in [0.1, 0.15) is 12.1 Å². The SMILES string of the molecule is CNC(=O)C1CCCCN1C(=O)C(N)COC. The van der Waals surface area contributed by atoms with Gasteiger partial charge in [-0.2, -0.15) is 0 Å². The molecule has 0 bridgehead atoms. The van der Waals surface area contributed by atoms with E-state index in [9.17, 15) is 9.59 Å². The number of nitrogens with two attached hydrogens (primary N) is 1. The zero-order chi connectivity index (χ0) is 12.8. The van der Waals surface area contributed by atoms with Gasteiger partial charge < -0.3 is 20.7 Å². The van der Waals surface area contributed by atoms with Crippen molar-refractivity contribution in [2.45, 2.75) is 31.3 Å². The number of hydrogen-bond donors (Lipinski definition) is 2. The van der Waals surface area contributed by atoms with E-state index in [1.807, 2.05) is 0 Å². The van der Waals surface area contributed by atoms with Crippen LogP contribution in [0.1, 0.15) is 19.3 Å². The first-order chi connectivity index (χ1) is 8.11. The van der Waals surface area contributed by atoms with Gasteiger partial charge in [0.2, 0.25) is 11.8 Å². The first kappa shape index (κ1) is 13.9. The smallest absolute Gasteiger partial charge is 0.242 e. The Kier molecular flexibility index (Phi) is 5.37. The summed E-state index contributed by atoms with van der Waals surface area (Å²) in [6, 6.07) is -1.07. The van der Waals surface area contributed by atoms with Crippen molar-refractivity contribution in [2.75, 3.05) is 27.3 Å². The number of likely N-dealkylation sites (tertiary alicyclic amines) is 1. The predicted molar refractivity (Wildman–Crippen MR) is 63.3 cm³/mol. The maximum Gasteiger partial charge on any atom is 0.242 e. The molecule has 1 rings (SSSR count). The van der Waals surface area contributed by atoms with Crippen LogP contribution in [0.25, 0.3) is 0 Å². The number of nitrogens with zero attached hydrogens (tertiary/aromatic N) is 1. The fraction of sp³-hybridized carbons (Fsp3) is 0.818. The summed E-state index contributed by atoms with van der Waals surface area (Å²) in [6.07, 6.45) is 2.57. The van der Waals surface area contributed by atoms with E-state index < -0.39 is 6.04 Å². The average Bonchev–Trinajstić information content (AvgIpc) is 2.37. The largest absolute Gasteiger partial charge is 0.383 e. The van der Waals surface area contributed by atoms with Crippen molar-refractivity contribution in [2.24, 2.45) is 5.73 Å². The third kappa shape index (κ3) is 3.41. The lowest BCUT2D eigenvalue weighted by molar-refractivity contribution is -0.143. The molecule has 6 heteroatoms. The maximum atomic E-state index is 12.1. The highest BCUT2D eigenvalue weighted by Gasteiger charge is 2.33. The molecule has 0 aromatic rings. The van der Waals surface area contributed by atoms with Gasteiger partial charge in [0.15, 0.2) is 0 Å². The zero-order valence-electron chi connectivity index (χ0n) is 10.4. The van der Waals surface area contributed by atoms with Crippen molar-refractivity contribution in [3.63, 3.8) is 0 Å². The highest BCUT2D eigenvalue weighted by molar-refractivity contribution is 5.89. The Morgan fingerprint density at radius 2 is 2.24 bits per heavy atom. The Morgan fingerprint density at radius 3 is 2.82 bits per heavy atom. The normalized spacial score (nSPS) is 22.1. The van der Waals surface area contributed by atoms with E-state index in [0.717, 1.165) is 12.8 Å². The van der Waals surface area contributed by atoms with Crippen molar-refractivity contribution in [1.82, 2.24) is 10.2 Å². The second-order valence-corrected chi connectivity index (χ2v) is 4.22. The quantitative estimate of drug-likeness (QED) is 0.669. The van der Waals surface area contributed by atoms with Crippen molar-refractivity contribution < 1.29 is 14.3 Å². The fourth-order valence-corrected chi connectivity index (χ4v) is 2.10. The summed E-state index contributed by atoms with van der Waals surface area (Å²) >= 11 is 0. The van der Waals surface area contributed by atoms with Crippen LogP contribution >= 0.6 is 0 Å². The molecular formula is C11H21N3O3. The molecule has 2 unspecified atom stereocenters. The van der Waals surface area contributed by atoms with Gasteiger partial charge in [-0.05, 0) is 19.3 Å². The summed E-state index contributed by atoms with van der Waals surface area (Å²) in [5.41, 5.74) is 5.71. The average molecular weight is 243 g/mol. The van der Waals surface area contributed by atoms with Crippen LogP contribution in [0, 0.1) is 0 Å². The molecule has 0 aliphatic carbocycles. The Hall–Kier alpha value is -1.14. The second kappa shape index (κ2) is 6.56. The molecule has 1 aliphatic heterocycles. The highest BCUT2D eigenvalue weighted by Crippen LogP contribution is 2.17. The molecule has 0 saturated carbocycles. The van der Waals surface area contributed by atoms with Gasteiger partial charge in [-0.1, -0.05) is 0 Å². The molecule has 17 heavy (non-hydrogen) atoms. The lowest BCUT2D eigenvalue weighted by Crippen LogP contribution is -2.56. The minimum absolute atomic E-state index is 0.123. The lowest BCUT2D eigenvalue weighted by Gasteiger charge is -2.35. The number of nitrogens with one attached hydrogen (secondary N) is 1. The van der Waals surface area contributed by atoms with Gasteiger partial charge in [0, 0.05) is 20.7 Å². The van der Waals surface area contributed by atoms with Crippen LogP contribution in [-0.4, -0.2) is 56.1 Å². The van der Waals surface area contributed by atoms with Crippen molar-refractivity contribution in [3.05, 3.63) is 0 Å². The van der Waals surface area contributed by atoms with Crippen molar-refractivity contribution in [3.8, 4) is 0 Å². The monoisotopic (exact) mass is 243 g/mol. The van der Waals surface area contributed by atoms with E-state index in [1.165, 1.54) is 7.11 Å². The van der Waals surface area contributed by atoms with Crippen molar-refractivity contribution in [1.29, 1.82) is 0 Å². The Labute approximate surface area is 101 Å². The van der Waals surface area contributed by atoms with Gasteiger partial charge in [-0.25, -0.2) is 0 Å². The summed E-state index contributed by atoms with van der Waals surface area (Å²) in [5, 5.41) is 2.59. The van der Waals surface area contributed by atoms with Gasteiger partial charge >= 0.3 is 0 Å². The second-order valence-electron chi connectivity index (χ2n) is 4.22. The first-order valence-electron chi connectivity index (χ1n) is 5.88. The molecule has 1 heterocycles. The van der Waals surface area contributed by atoms with E-state index in [-0.39, 0.29) is 24.5 Å². The molecule has 3 N–H and O–H groups in total. The van der Waals surface area contributed by atoms with Gasteiger partial charge in [-0.15, -0.1) is 0 Å². The first-order valence-corrected chi connectivity index (χ1v) is 5.88. The topological polar surface area (TPSA) is 84.7 Å². The molecule has 1 aliphatic rings. The van der Waals surface area contributed by atoms with Gasteiger partial charge in [0.05, 0.1) is 6.61 Å². The number of ether oxygens (including phenoxy) is 1. The molecule has 6 nitrogen and oxygen atoms in total. The number of likely N-dealkylation sites (N-methyl/N-ethyl adjacent to an activating group) is 1. The minimum Gasteiger partial charge on any atom is -0.383 e. The number of hydrogen-bond acceptors (Lipinski definition) is 4. The van der Waals surface area contributed by atoms with E-state index in [2.05, 4.69) is 5.32 Å². The number of piperidine rings is 1. The van der Waals surface area contributed by atoms with Crippen LogP contribution in [0.3, 0.4) is 0 Å². The van der Waals surface area contributed by atoms with Crippen molar-refractivity contribution >= 4 is 11.8 Å². The molecule has 2 atom stereocenters. The van der Waals surface area contributed by atoms with Crippen LogP contribution in [0.5, 0.6) is 0 Å². The van der Waals surface area contributed by atoms with Crippen LogP contribution in [0.2, 0.25) is 0 Å². The van der Waals surface area contributed by atoms with Gasteiger partial charge in [-0.3, -0.25) is 9.59 Å². The minimum atomic E-state index is -0.690. The fourth-order valence-electron chi connectivity index (χ4n) is 2.10. The highest BCUT2D eigenvalue weighted by atomic mass is 16.5. The summed E-state index contributed by atoms with van der Waals surface area (Å²) in [5.74, 6) is -0.331. The molecule has 1 saturated heterocycles. The lowest BCUT2D eigenvalue weighted by atomic mass is 10.0. The van der Waals surface area contributed by atoms with Crippen LogP contribution in [0.15, 0.2) is 0 Å². The predicted octanol–water partition coefficient (Wildman–Crippen LogP) is -0.913. The molecular weight excluding hydrogens is 222 g/mol. The Morgan fingerprint density at radius 1 is 1.53 bits per heavy atom. The third-order valence-corrected chi connectivity index (χ3v) is 3.00. The Balaban J connectivity index is 2.70. The number of carbonyl (C=O) groups is 2. The number of carbonyl (C=O) groups excluding carboxylic acids is 2.